The van der Waals surface area contributed by atoms with Gasteiger partial charge >= 0.3 is 0 Å². The Morgan fingerprint density at radius 1 is 0.792 bits per heavy atom. The van der Waals surface area contributed by atoms with Crippen LogP contribution < -0.4 is 16.0 Å². The molecule has 24 heavy (non-hydrogen) atoms. The zero-order valence-corrected chi connectivity index (χ0v) is 12.9. The summed E-state index contributed by atoms with van der Waals surface area (Å²) >= 11 is 0. The van der Waals surface area contributed by atoms with Crippen LogP contribution >= 0.6 is 0 Å². The molecule has 0 saturated heterocycles. The van der Waals surface area contributed by atoms with Gasteiger partial charge in [-0.1, -0.05) is 18.2 Å². The molecule has 0 saturated carbocycles. The Morgan fingerprint density at radius 3 is 2.21 bits per heavy atom. The van der Waals surface area contributed by atoms with Gasteiger partial charge < -0.3 is 0 Å². The van der Waals surface area contributed by atoms with Crippen molar-refractivity contribution in [3.63, 3.8) is 0 Å². The summed E-state index contributed by atoms with van der Waals surface area (Å²) in [5.74, 6) is 0.764. The molecule has 6 nitrogen and oxygen atoms in total. The molecule has 0 bridgehead atoms. The molecule has 0 aliphatic carbocycles. The fourth-order valence-corrected chi connectivity index (χ4v) is 2.52. The van der Waals surface area contributed by atoms with E-state index in [4.69, 9.17) is 0 Å². The van der Waals surface area contributed by atoms with Crippen LogP contribution in [0.25, 0.3) is 5.70 Å². The second-order valence-electron chi connectivity index (χ2n) is 5.29. The largest absolute Gasteiger partial charge is 0.281 e. The third-order valence-corrected chi connectivity index (χ3v) is 3.66. The lowest BCUT2D eigenvalue weighted by molar-refractivity contribution is 0.506. The van der Waals surface area contributed by atoms with Crippen LogP contribution in [0.2, 0.25) is 0 Å². The number of pyridine rings is 3. The van der Waals surface area contributed by atoms with E-state index in [2.05, 4.69) is 31.9 Å². The van der Waals surface area contributed by atoms with Gasteiger partial charge in [0.25, 0.3) is 0 Å². The normalized spacial score (nSPS) is 17.1. The van der Waals surface area contributed by atoms with Crippen LogP contribution in [-0.4, -0.2) is 15.0 Å². The lowest BCUT2D eigenvalue weighted by atomic mass is 10.1. The topological polar surface area (TPSA) is 66.0 Å². The van der Waals surface area contributed by atoms with Crippen molar-refractivity contribution in [2.45, 2.75) is 6.04 Å². The molecular formula is C18H16N6. The highest BCUT2D eigenvalue weighted by Crippen LogP contribution is 2.23. The fraction of sp³-hybridized carbons (Fsp3) is 0.0556. The summed E-state index contributed by atoms with van der Waals surface area (Å²) in [6, 6.07) is 17.4. The minimum absolute atomic E-state index is 0.0912. The monoisotopic (exact) mass is 316 g/mol. The van der Waals surface area contributed by atoms with Gasteiger partial charge in [0.15, 0.2) is 5.82 Å². The highest BCUT2D eigenvalue weighted by molar-refractivity contribution is 5.65. The van der Waals surface area contributed by atoms with Crippen molar-refractivity contribution in [2.24, 2.45) is 0 Å². The summed E-state index contributed by atoms with van der Waals surface area (Å²) < 4.78 is 0. The van der Waals surface area contributed by atoms with Gasteiger partial charge in [-0.3, -0.25) is 15.4 Å². The Kier molecular flexibility index (Phi) is 3.87. The van der Waals surface area contributed by atoms with Gasteiger partial charge in [-0.15, -0.1) is 0 Å². The lowest BCUT2D eigenvalue weighted by Crippen LogP contribution is -2.52. The maximum atomic E-state index is 4.46. The number of aromatic nitrogens is 3. The number of rotatable bonds is 3. The summed E-state index contributed by atoms with van der Waals surface area (Å²) in [5, 5.41) is 1.80. The molecule has 0 amide bonds. The third kappa shape index (κ3) is 2.95. The summed E-state index contributed by atoms with van der Waals surface area (Å²) in [6.45, 7) is 0. The molecular weight excluding hydrogens is 300 g/mol. The molecule has 118 valence electrons. The number of nitrogens with zero attached hydrogens (tertiary/aromatic N) is 4. The van der Waals surface area contributed by atoms with Crippen LogP contribution in [0.5, 0.6) is 0 Å². The summed E-state index contributed by atoms with van der Waals surface area (Å²) in [7, 11) is 0. The quantitative estimate of drug-likeness (QED) is 0.774. The molecule has 4 heterocycles. The molecule has 1 aliphatic rings. The summed E-state index contributed by atoms with van der Waals surface area (Å²) in [6.07, 6.45) is 7.40. The van der Waals surface area contributed by atoms with Crippen molar-refractivity contribution in [3.05, 3.63) is 90.7 Å². The number of anilines is 1. The van der Waals surface area contributed by atoms with E-state index in [1.165, 1.54) is 0 Å². The second-order valence-corrected chi connectivity index (χ2v) is 5.29. The smallest absolute Gasteiger partial charge is 0.164 e. The maximum Gasteiger partial charge on any atom is 0.164 e. The molecule has 2 N–H and O–H groups in total. The molecule has 0 radical (unpaired) electrons. The van der Waals surface area contributed by atoms with Gasteiger partial charge in [0, 0.05) is 18.6 Å². The van der Waals surface area contributed by atoms with E-state index in [0.29, 0.717) is 0 Å². The molecule has 1 atom stereocenters. The highest BCUT2D eigenvalue weighted by atomic mass is 15.8. The maximum absolute atomic E-state index is 4.46. The molecule has 4 rings (SSSR count). The van der Waals surface area contributed by atoms with E-state index in [1.807, 2.05) is 54.6 Å². The Bertz CT molecular complexity index is 820. The first-order valence-electron chi connectivity index (χ1n) is 7.68. The van der Waals surface area contributed by atoms with Crippen molar-refractivity contribution in [2.75, 3.05) is 5.12 Å². The van der Waals surface area contributed by atoms with Crippen molar-refractivity contribution < 1.29 is 0 Å². The van der Waals surface area contributed by atoms with E-state index in [9.17, 15) is 0 Å². The van der Waals surface area contributed by atoms with Crippen molar-refractivity contribution in [3.8, 4) is 0 Å². The van der Waals surface area contributed by atoms with Gasteiger partial charge in [-0.25, -0.2) is 10.4 Å². The van der Waals surface area contributed by atoms with E-state index >= 15 is 0 Å². The van der Waals surface area contributed by atoms with Crippen LogP contribution in [0.15, 0.2) is 79.3 Å². The Morgan fingerprint density at radius 2 is 1.54 bits per heavy atom. The molecule has 3 aromatic heterocycles. The van der Waals surface area contributed by atoms with Gasteiger partial charge in [0.1, 0.15) is 0 Å². The minimum Gasteiger partial charge on any atom is -0.281 e. The molecule has 0 fully saturated rings. The van der Waals surface area contributed by atoms with E-state index in [0.717, 1.165) is 22.9 Å². The number of hydrazine groups is 2. The average Bonchev–Trinajstić information content (AvgIpc) is 2.70. The second kappa shape index (κ2) is 6.47. The number of hydrogen-bond donors (Lipinski definition) is 2. The summed E-state index contributed by atoms with van der Waals surface area (Å²) in [5.41, 5.74) is 9.38. The van der Waals surface area contributed by atoms with Crippen molar-refractivity contribution in [1.29, 1.82) is 0 Å². The van der Waals surface area contributed by atoms with Gasteiger partial charge in [0.2, 0.25) is 0 Å². The van der Waals surface area contributed by atoms with Crippen molar-refractivity contribution >= 4 is 11.5 Å². The molecule has 1 aliphatic heterocycles. The molecule has 0 spiro atoms. The zero-order valence-electron chi connectivity index (χ0n) is 12.9. The molecule has 3 aromatic rings. The molecule has 0 aromatic carbocycles. The predicted octanol–water partition coefficient (Wildman–Crippen LogP) is 2.48. The van der Waals surface area contributed by atoms with E-state index < -0.39 is 0 Å². The highest BCUT2D eigenvalue weighted by Gasteiger charge is 2.23. The lowest BCUT2D eigenvalue weighted by Gasteiger charge is -2.34. The summed E-state index contributed by atoms with van der Waals surface area (Å²) in [4.78, 5) is 13.3. The third-order valence-electron chi connectivity index (χ3n) is 3.66. The minimum atomic E-state index is -0.0912. The fourth-order valence-electron chi connectivity index (χ4n) is 2.52. The van der Waals surface area contributed by atoms with Crippen LogP contribution in [0, 0.1) is 0 Å². The first-order chi connectivity index (χ1) is 11.9. The molecule has 6 heteroatoms. The Labute approximate surface area is 139 Å². The van der Waals surface area contributed by atoms with Gasteiger partial charge in [-0.2, -0.15) is 5.12 Å². The van der Waals surface area contributed by atoms with Crippen molar-refractivity contribution in [1.82, 2.24) is 25.8 Å². The molecule has 1 unspecified atom stereocenters. The average molecular weight is 316 g/mol. The zero-order chi connectivity index (χ0) is 16.2. The predicted molar refractivity (Wildman–Crippen MR) is 92.2 cm³/mol. The van der Waals surface area contributed by atoms with Crippen LogP contribution in [-0.2, 0) is 0 Å². The van der Waals surface area contributed by atoms with Crippen LogP contribution in [0.3, 0.4) is 0 Å². The SMILES string of the molecule is C1=C(c2ccccn2)NN(c2ccccn2)NC1c1ccccn1. The first-order valence-corrected chi connectivity index (χ1v) is 7.68. The van der Waals surface area contributed by atoms with Gasteiger partial charge in [-0.05, 0) is 42.5 Å². The Hall–Kier alpha value is -3.25. The standard InChI is InChI=1S/C18H16N6/c1-4-10-19-14(7-1)16-13-17(15-8-2-5-11-20-15)23-24(22-16)18-9-3-6-12-21-18/h1-13,16,22-23H. The van der Waals surface area contributed by atoms with Gasteiger partial charge in [0.05, 0.1) is 23.1 Å². The van der Waals surface area contributed by atoms with Crippen LogP contribution in [0.1, 0.15) is 17.4 Å². The number of hydrogen-bond acceptors (Lipinski definition) is 6. The van der Waals surface area contributed by atoms with E-state index in [-0.39, 0.29) is 6.04 Å². The number of nitrogens with one attached hydrogen (secondary N) is 2. The first kappa shape index (κ1) is 14.3. The van der Waals surface area contributed by atoms with E-state index in [1.54, 1.807) is 23.7 Å². The Balaban J connectivity index is 1.73. The van der Waals surface area contributed by atoms with Crippen LogP contribution in [0.4, 0.5) is 5.82 Å².